The van der Waals surface area contributed by atoms with Gasteiger partial charge in [0.05, 0.1) is 12.1 Å². The predicted octanol–water partition coefficient (Wildman–Crippen LogP) is 1.37. The summed E-state index contributed by atoms with van der Waals surface area (Å²) in [4.78, 5) is 28.8. The number of hydrogen-bond donors (Lipinski definition) is 2. The number of nitrogens with zero attached hydrogens (tertiary/aromatic N) is 1. The summed E-state index contributed by atoms with van der Waals surface area (Å²) in [5, 5.41) is 8.70. The lowest BCUT2D eigenvalue weighted by Crippen LogP contribution is -2.13. The van der Waals surface area contributed by atoms with E-state index in [1.807, 2.05) is 31.2 Å². The molecule has 0 fully saturated rings. The zero-order valence-electron chi connectivity index (χ0n) is 9.80. The number of nitrogens with one attached hydrogen (secondary N) is 1. The third-order valence-electron chi connectivity index (χ3n) is 2.45. The van der Waals surface area contributed by atoms with Gasteiger partial charge in [-0.25, -0.2) is 4.98 Å². The molecule has 2 rings (SSSR count). The van der Waals surface area contributed by atoms with Gasteiger partial charge in [0.1, 0.15) is 5.82 Å². The van der Waals surface area contributed by atoms with Crippen molar-refractivity contribution in [1.82, 2.24) is 9.97 Å². The molecule has 0 amide bonds. The molecule has 0 atom stereocenters. The molecule has 0 aliphatic heterocycles. The van der Waals surface area contributed by atoms with Gasteiger partial charge < -0.3 is 10.1 Å². The SMILES string of the molecule is Cc1ccc(-c2nc(CC(=O)O)cc(=O)[nH]2)cc1. The highest BCUT2D eigenvalue weighted by Gasteiger charge is 2.07. The Labute approximate surface area is 103 Å². The van der Waals surface area contributed by atoms with Gasteiger partial charge in [0.25, 0.3) is 5.56 Å². The molecule has 0 saturated heterocycles. The van der Waals surface area contributed by atoms with Gasteiger partial charge in [0, 0.05) is 11.6 Å². The Balaban J connectivity index is 2.44. The van der Waals surface area contributed by atoms with E-state index in [0.29, 0.717) is 5.82 Å². The minimum atomic E-state index is -1.01. The predicted molar refractivity (Wildman–Crippen MR) is 66.4 cm³/mol. The molecule has 0 aliphatic rings. The molecule has 2 aromatic rings. The first-order chi connectivity index (χ1) is 8.54. The Morgan fingerprint density at radius 3 is 2.61 bits per heavy atom. The van der Waals surface area contributed by atoms with Crippen molar-refractivity contribution >= 4 is 5.97 Å². The molecular weight excluding hydrogens is 232 g/mol. The monoisotopic (exact) mass is 244 g/mol. The van der Waals surface area contributed by atoms with Gasteiger partial charge in [-0.1, -0.05) is 29.8 Å². The van der Waals surface area contributed by atoms with Crippen LogP contribution in [0.4, 0.5) is 0 Å². The molecule has 0 bridgehead atoms. The lowest BCUT2D eigenvalue weighted by molar-refractivity contribution is -0.136. The van der Waals surface area contributed by atoms with E-state index in [0.717, 1.165) is 11.1 Å². The molecule has 1 aromatic carbocycles. The van der Waals surface area contributed by atoms with Crippen LogP contribution in [-0.4, -0.2) is 21.0 Å². The third kappa shape index (κ3) is 2.82. The minimum Gasteiger partial charge on any atom is -0.481 e. The highest BCUT2D eigenvalue weighted by molar-refractivity contribution is 5.69. The number of carboxylic acid groups (broad SMARTS) is 1. The van der Waals surface area contributed by atoms with Crippen LogP contribution < -0.4 is 5.56 Å². The van der Waals surface area contributed by atoms with Crippen molar-refractivity contribution in [1.29, 1.82) is 0 Å². The number of aromatic nitrogens is 2. The number of benzene rings is 1. The second-order valence-electron chi connectivity index (χ2n) is 4.02. The van der Waals surface area contributed by atoms with Crippen molar-refractivity contribution in [2.24, 2.45) is 0 Å². The highest BCUT2D eigenvalue weighted by Crippen LogP contribution is 2.14. The average Bonchev–Trinajstić information content (AvgIpc) is 2.28. The Morgan fingerprint density at radius 2 is 2.00 bits per heavy atom. The fourth-order valence-electron chi connectivity index (χ4n) is 1.60. The molecule has 2 N–H and O–H groups in total. The van der Waals surface area contributed by atoms with Crippen LogP contribution in [0.15, 0.2) is 35.1 Å². The maximum absolute atomic E-state index is 11.4. The molecule has 0 spiro atoms. The lowest BCUT2D eigenvalue weighted by atomic mass is 10.1. The van der Waals surface area contributed by atoms with Crippen LogP contribution in [0.3, 0.4) is 0 Å². The van der Waals surface area contributed by atoms with E-state index in [1.165, 1.54) is 6.07 Å². The second-order valence-corrected chi connectivity index (χ2v) is 4.02. The number of rotatable bonds is 3. The number of aromatic amines is 1. The number of aliphatic carboxylic acids is 1. The molecule has 0 unspecified atom stereocenters. The second kappa shape index (κ2) is 4.83. The number of H-pyrrole nitrogens is 1. The van der Waals surface area contributed by atoms with Crippen LogP contribution in [0.5, 0.6) is 0 Å². The Morgan fingerprint density at radius 1 is 1.33 bits per heavy atom. The van der Waals surface area contributed by atoms with Gasteiger partial charge in [0.2, 0.25) is 0 Å². The fourth-order valence-corrected chi connectivity index (χ4v) is 1.60. The Hall–Kier alpha value is -2.43. The zero-order chi connectivity index (χ0) is 13.1. The van der Waals surface area contributed by atoms with E-state index in [9.17, 15) is 9.59 Å². The van der Waals surface area contributed by atoms with Crippen molar-refractivity contribution in [2.75, 3.05) is 0 Å². The van der Waals surface area contributed by atoms with Crippen molar-refractivity contribution in [3.05, 3.63) is 51.9 Å². The van der Waals surface area contributed by atoms with Gasteiger partial charge in [0.15, 0.2) is 0 Å². The van der Waals surface area contributed by atoms with Crippen molar-refractivity contribution in [3.63, 3.8) is 0 Å². The smallest absolute Gasteiger partial charge is 0.309 e. The third-order valence-corrected chi connectivity index (χ3v) is 2.45. The number of hydrogen-bond acceptors (Lipinski definition) is 3. The van der Waals surface area contributed by atoms with Crippen molar-refractivity contribution < 1.29 is 9.90 Å². The Bertz CT molecular complexity index is 629. The number of carbonyl (C=O) groups is 1. The van der Waals surface area contributed by atoms with Gasteiger partial charge in [-0.05, 0) is 6.92 Å². The topological polar surface area (TPSA) is 83.0 Å². The maximum Gasteiger partial charge on any atom is 0.309 e. The molecule has 5 heteroatoms. The summed E-state index contributed by atoms with van der Waals surface area (Å²) >= 11 is 0. The van der Waals surface area contributed by atoms with Crippen LogP contribution in [0, 0.1) is 6.92 Å². The average molecular weight is 244 g/mol. The van der Waals surface area contributed by atoms with E-state index in [2.05, 4.69) is 9.97 Å². The molecule has 0 saturated carbocycles. The molecule has 18 heavy (non-hydrogen) atoms. The van der Waals surface area contributed by atoms with Crippen LogP contribution >= 0.6 is 0 Å². The van der Waals surface area contributed by atoms with Crippen molar-refractivity contribution in [2.45, 2.75) is 13.3 Å². The summed E-state index contributed by atoms with van der Waals surface area (Å²) in [5.41, 5.74) is 1.76. The molecule has 0 radical (unpaired) electrons. The normalized spacial score (nSPS) is 10.3. The number of carboxylic acids is 1. The van der Waals surface area contributed by atoms with E-state index < -0.39 is 5.97 Å². The first-order valence-corrected chi connectivity index (χ1v) is 5.43. The molecule has 5 nitrogen and oxygen atoms in total. The largest absolute Gasteiger partial charge is 0.481 e. The summed E-state index contributed by atoms with van der Waals surface area (Å²) in [5.74, 6) is -0.623. The first kappa shape index (κ1) is 12.0. The highest BCUT2D eigenvalue weighted by atomic mass is 16.4. The summed E-state index contributed by atoms with van der Waals surface area (Å²) in [6.45, 7) is 1.96. The van der Waals surface area contributed by atoms with Crippen LogP contribution in [0.25, 0.3) is 11.4 Å². The standard InChI is InChI=1S/C13H12N2O3/c1-8-2-4-9(5-3-8)13-14-10(7-12(17)18)6-11(16)15-13/h2-6H,7H2,1H3,(H,17,18)(H,14,15,16). The number of aryl methyl sites for hydroxylation is 1. The fraction of sp³-hybridized carbons (Fsp3) is 0.154. The molecular formula is C13H12N2O3. The van der Waals surface area contributed by atoms with Gasteiger partial charge in [-0.2, -0.15) is 0 Å². The van der Waals surface area contributed by atoms with Gasteiger partial charge in [-0.3, -0.25) is 9.59 Å². The van der Waals surface area contributed by atoms with Crippen LogP contribution in [0.2, 0.25) is 0 Å². The van der Waals surface area contributed by atoms with E-state index in [4.69, 9.17) is 5.11 Å². The van der Waals surface area contributed by atoms with Crippen molar-refractivity contribution in [3.8, 4) is 11.4 Å². The molecule has 92 valence electrons. The van der Waals surface area contributed by atoms with Gasteiger partial charge in [-0.15, -0.1) is 0 Å². The van der Waals surface area contributed by atoms with Crippen LogP contribution in [0.1, 0.15) is 11.3 Å². The quantitative estimate of drug-likeness (QED) is 0.854. The molecule has 0 aliphatic carbocycles. The van der Waals surface area contributed by atoms with E-state index >= 15 is 0 Å². The minimum absolute atomic E-state index is 0.252. The zero-order valence-corrected chi connectivity index (χ0v) is 9.80. The van der Waals surface area contributed by atoms with E-state index in [1.54, 1.807) is 0 Å². The first-order valence-electron chi connectivity index (χ1n) is 5.43. The maximum atomic E-state index is 11.4. The summed E-state index contributed by atoms with van der Waals surface area (Å²) in [6.07, 6.45) is -0.261. The summed E-state index contributed by atoms with van der Waals surface area (Å²) in [6, 6.07) is 8.67. The molecule has 1 heterocycles. The van der Waals surface area contributed by atoms with Crippen LogP contribution in [-0.2, 0) is 11.2 Å². The van der Waals surface area contributed by atoms with Gasteiger partial charge >= 0.3 is 5.97 Å². The summed E-state index contributed by atoms with van der Waals surface area (Å²) < 4.78 is 0. The Kier molecular flexibility index (Phi) is 3.23. The molecule has 1 aromatic heterocycles. The summed E-state index contributed by atoms with van der Waals surface area (Å²) in [7, 11) is 0. The van der Waals surface area contributed by atoms with E-state index in [-0.39, 0.29) is 17.7 Å². The lowest BCUT2D eigenvalue weighted by Gasteiger charge is -2.03.